The fraction of sp³-hybridized carbons (Fsp3) is 0.300. The molecule has 1 unspecified atom stereocenters. The van der Waals surface area contributed by atoms with Gasteiger partial charge in [-0.1, -0.05) is 55.8 Å². The molecule has 2 aromatic carbocycles. The lowest BCUT2D eigenvalue weighted by Gasteiger charge is -2.14. The molecule has 0 aliphatic rings. The van der Waals surface area contributed by atoms with E-state index in [1.165, 1.54) is 0 Å². The van der Waals surface area contributed by atoms with Gasteiger partial charge in [0.2, 0.25) is 0 Å². The van der Waals surface area contributed by atoms with Crippen LogP contribution in [0.2, 0.25) is 0 Å². The highest BCUT2D eigenvalue weighted by atomic mass is 16.5. The van der Waals surface area contributed by atoms with Crippen LogP contribution in [-0.4, -0.2) is 18.0 Å². The Hall–Kier alpha value is -2.62. The molecule has 0 radical (unpaired) electrons. The molecule has 0 saturated carbocycles. The lowest BCUT2D eigenvalue weighted by atomic mass is 10.1. The van der Waals surface area contributed by atoms with E-state index in [1.54, 1.807) is 24.3 Å². The van der Waals surface area contributed by atoms with Crippen LogP contribution in [0.4, 0.5) is 0 Å². The second-order valence-electron chi connectivity index (χ2n) is 5.61. The molecule has 0 fully saturated rings. The highest BCUT2D eigenvalue weighted by molar-refractivity contribution is 6.03. The minimum Gasteiger partial charge on any atom is -0.459 e. The van der Waals surface area contributed by atoms with Crippen LogP contribution in [0.15, 0.2) is 54.6 Å². The highest BCUT2D eigenvalue weighted by Crippen LogP contribution is 2.15. The summed E-state index contributed by atoms with van der Waals surface area (Å²) < 4.78 is 10.7. The molecule has 0 spiro atoms. The van der Waals surface area contributed by atoms with E-state index < -0.39 is 11.9 Å². The predicted molar refractivity (Wildman–Crippen MR) is 91.8 cm³/mol. The first kappa shape index (κ1) is 17.7. The molecular formula is C20H22O4. The van der Waals surface area contributed by atoms with E-state index in [0.29, 0.717) is 0 Å². The van der Waals surface area contributed by atoms with Crippen molar-refractivity contribution >= 4 is 11.9 Å². The van der Waals surface area contributed by atoms with Gasteiger partial charge in [-0.05, 0) is 31.0 Å². The summed E-state index contributed by atoms with van der Waals surface area (Å²) in [6.07, 6.45) is 1.53. The van der Waals surface area contributed by atoms with Gasteiger partial charge in [0.1, 0.15) is 6.61 Å². The van der Waals surface area contributed by atoms with E-state index in [1.807, 2.05) is 44.2 Å². The van der Waals surface area contributed by atoms with E-state index in [9.17, 15) is 9.59 Å². The zero-order chi connectivity index (χ0) is 17.4. The third kappa shape index (κ3) is 4.95. The minimum absolute atomic E-state index is 0.162. The smallest absolute Gasteiger partial charge is 0.339 e. The molecule has 2 rings (SSSR count). The van der Waals surface area contributed by atoms with E-state index >= 15 is 0 Å². The predicted octanol–water partition coefficient (Wildman–Crippen LogP) is 4.39. The Bertz CT molecular complexity index is 679. The molecule has 0 aromatic heterocycles. The van der Waals surface area contributed by atoms with Crippen molar-refractivity contribution in [3.05, 3.63) is 71.3 Å². The maximum absolute atomic E-state index is 12.3. The van der Waals surface area contributed by atoms with Crippen LogP contribution in [0.1, 0.15) is 53.0 Å². The fourth-order valence-corrected chi connectivity index (χ4v) is 2.35. The van der Waals surface area contributed by atoms with Gasteiger partial charge in [-0.2, -0.15) is 0 Å². The van der Waals surface area contributed by atoms with Crippen molar-refractivity contribution < 1.29 is 19.1 Å². The van der Waals surface area contributed by atoms with Gasteiger partial charge >= 0.3 is 11.9 Å². The molecule has 0 amide bonds. The molecule has 0 aliphatic carbocycles. The first-order valence-electron chi connectivity index (χ1n) is 8.13. The van der Waals surface area contributed by atoms with Crippen molar-refractivity contribution in [1.29, 1.82) is 0 Å². The summed E-state index contributed by atoms with van der Waals surface area (Å²) in [4.78, 5) is 24.6. The van der Waals surface area contributed by atoms with Crippen LogP contribution in [0.25, 0.3) is 0 Å². The molecule has 0 aliphatic heterocycles. The zero-order valence-electron chi connectivity index (χ0n) is 14.0. The van der Waals surface area contributed by atoms with E-state index in [-0.39, 0.29) is 23.8 Å². The Morgan fingerprint density at radius 1 is 0.917 bits per heavy atom. The van der Waals surface area contributed by atoms with Crippen LogP contribution in [0, 0.1) is 0 Å². The molecular weight excluding hydrogens is 304 g/mol. The third-order valence-electron chi connectivity index (χ3n) is 3.58. The average Bonchev–Trinajstić information content (AvgIpc) is 2.60. The summed E-state index contributed by atoms with van der Waals surface area (Å²) in [5, 5.41) is 0. The number of ether oxygens (including phenoxy) is 2. The SMILES string of the molecule is CCCC(C)OC(=O)c1ccccc1C(=O)OCc1ccccc1. The summed E-state index contributed by atoms with van der Waals surface area (Å²) in [7, 11) is 0. The quantitative estimate of drug-likeness (QED) is 0.708. The molecule has 24 heavy (non-hydrogen) atoms. The topological polar surface area (TPSA) is 52.6 Å². The molecule has 2 aromatic rings. The van der Waals surface area contributed by atoms with Crippen LogP contribution >= 0.6 is 0 Å². The number of hydrogen-bond acceptors (Lipinski definition) is 4. The minimum atomic E-state index is -0.533. The first-order valence-corrected chi connectivity index (χ1v) is 8.13. The summed E-state index contributed by atoms with van der Waals surface area (Å²) in [6.45, 7) is 4.03. The van der Waals surface area contributed by atoms with Crippen molar-refractivity contribution in [2.75, 3.05) is 0 Å². The monoisotopic (exact) mass is 326 g/mol. The fourth-order valence-electron chi connectivity index (χ4n) is 2.35. The standard InChI is InChI=1S/C20H22O4/c1-3-9-15(2)24-20(22)18-13-8-7-12-17(18)19(21)23-14-16-10-5-4-6-11-16/h4-8,10-13,15H,3,9,14H2,1-2H3. The summed E-state index contributed by atoms with van der Waals surface area (Å²) in [5.41, 5.74) is 1.35. The van der Waals surface area contributed by atoms with Gasteiger partial charge < -0.3 is 9.47 Å². The van der Waals surface area contributed by atoms with Crippen LogP contribution < -0.4 is 0 Å². The van der Waals surface area contributed by atoms with Gasteiger partial charge in [-0.3, -0.25) is 0 Å². The lowest BCUT2D eigenvalue weighted by molar-refractivity contribution is 0.0309. The number of rotatable bonds is 7. The second-order valence-corrected chi connectivity index (χ2v) is 5.61. The maximum Gasteiger partial charge on any atom is 0.339 e. The van der Waals surface area contributed by atoms with E-state index in [4.69, 9.17) is 9.47 Å². The number of hydrogen-bond donors (Lipinski definition) is 0. The number of benzene rings is 2. The van der Waals surface area contributed by atoms with Crippen molar-refractivity contribution in [2.24, 2.45) is 0 Å². The van der Waals surface area contributed by atoms with Crippen molar-refractivity contribution in [3.63, 3.8) is 0 Å². The van der Waals surface area contributed by atoms with Gasteiger partial charge in [0.05, 0.1) is 17.2 Å². The van der Waals surface area contributed by atoms with E-state index in [2.05, 4.69) is 0 Å². The summed E-state index contributed by atoms with van der Waals surface area (Å²) >= 11 is 0. The molecule has 126 valence electrons. The lowest BCUT2D eigenvalue weighted by Crippen LogP contribution is -2.18. The maximum atomic E-state index is 12.3. The van der Waals surface area contributed by atoms with Crippen molar-refractivity contribution in [1.82, 2.24) is 0 Å². The van der Waals surface area contributed by atoms with Gasteiger partial charge in [-0.15, -0.1) is 0 Å². The Labute approximate surface area is 142 Å². The highest BCUT2D eigenvalue weighted by Gasteiger charge is 2.20. The first-order chi connectivity index (χ1) is 11.6. The van der Waals surface area contributed by atoms with Gasteiger partial charge in [0.15, 0.2) is 0 Å². The molecule has 0 N–H and O–H groups in total. The number of carbonyl (C=O) groups is 2. The van der Waals surface area contributed by atoms with Gasteiger partial charge in [0.25, 0.3) is 0 Å². The molecule has 4 nitrogen and oxygen atoms in total. The Balaban J connectivity index is 2.07. The van der Waals surface area contributed by atoms with Crippen LogP contribution in [-0.2, 0) is 16.1 Å². The Kier molecular flexibility index (Phi) is 6.55. The second kappa shape index (κ2) is 8.87. The van der Waals surface area contributed by atoms with Crippen molar-refractivity contribution in [2.45, 2.75) is 39.4 Å². The molecule has 0 saturated heterocycles. The Morgan fingerprint density at radius 2 is 1.50 bits per heavy atom. The molecule has 0 heterocycles. The largest absolute Gasteiger partial charge is 0.459 e. The van der Waals surface area contributed by atoms with Gasteiger partial charge in [-0.25, -0.2) is 9.59 Å². The van der Waals surface area contributed by atoms with E-state index in [0.717, 1.165) is 18.4 Å². The third-order valence-corrected chi connectivity index (χ3v) is 3.58. The molecule has 0 bridgehead atoms. The molecule has 1 atom stereocenters. The molecule has 4 heteroatoms. The number of carbonyl (C=O) groups excluding carboxylic acids is 2. The van der Waals surface area contributed by atoms with Gasteiger partial charge in [0, 0.05) is 0 Å². The van der Waals surface area contributed by atoms with Crippen molar-refractivity contribution in [3.8, 4) is 0 Å². The summed E-state index contributed by atoms with van der Waals surface area (Å²) in [6, 6.07) is 16.0. The number of esters is 2. The Morgan fingerprint density at radius 3 is 2.12 bits per heavy atom. The van der Waals surface area contributed by atoms with Crippen LogP contribution in [0.5, 0.6) is 0 Å². The summed E-state index contributed by atoms with van der Waals surface area (Å²) in [5.74, 6) is -1.03. The average molecular weight is 326 g/mol. The zero-order valence-corrected chi connectivity index (χ0v) is 14.0. The van der Waals surface area contributed by atoms with Crippen LogP contribution in [0.3, 0.4) is 0 Å². The normalized spacial score (nSPS) is 11.6.